The topological polar surface area (TPSA) is 44.8 Å². The second-order valence-corrected chi connectivity index (χ2v) is 3.25. The molecule has 0 aliphatic heterocycles. The highest BCUT2D eigenvalue weighted by molar-refractivity contribution is 5.36. The molecule has 0 rings (SSSR count). The molecule has 0 bridgehead atoms. The molecule has 0 fully saturated rings. The largest absolute Gasteiger partial charge is 0.465 e. The molecule has 4 heteroatoms. The van der Waals surface area contributed by atoms with E-state index in [0.29, 0.717) is 32.9 Å². The van der Waals surface area contributed by atoms with Gasteiger partial charge in [-0.05, 0) is 6.42 Å². The molecule has 0 aliphatic carbocycles. The molecule has 0 radical (unpaired) electrons. The molecule has 0 spiro atoms. The van der Waals surface area contributed by atoms with Crippen LogP contribution in [0.3, 0.4) is 0 Å². The first-order valence-corrected chi connectivity index (χ1v) is 5.62. The third-order valence-corrected chi connectivity index (χ3v) is 1.93. The summed E-state index contributed by atoms with van der Waals surface area (Å²) in [5, 5.41) is 0. The van der Waals surface area contributed by atoms with E-state index in [1.807, 2.05) is 0 Å². The average molecular weight is 218 g/mol. The van der Waals surface area contributed by atoms with Gasteiger partial charge in [-0.3, -0.25) is 4.79 Å². The van der Waals surface area contributed by atoms with E-state index < -0.39 is 0 Å². The second kappa shape index (κ2) is 13.4. The summed E-state index contributed by atoms with van der Waals surface area (Å²) in [6.07, 6.45) is 4.90. The lowest BCUT2D eigenvalue weighted by atomic mass is 10.2. The Hall–Kier alpha value is -0.610. The molecule has 15 heavy (non-hydrogen) atoms. The molecule has 0 unspecified atom stereocenters. The Morgan fingerprint density at radius 1 is 0.867 bits per heavy atom. The summed E-state index contributed by atoms with van der Waals surface area (Å²) >= 11 is 0. The predicted molar refractivity (Wildman–Crippen MR) is 57.8 cm³/mol. The van der Waals surface area contributed by atoms with Gasteiger partial charge in [0.15, 0.2) is 0 Å². The van der Waals surface area contributed by atoms with E-state index in [2.05, 4.69) is 11.7 Å². The number of carbonyl (C=O) groups is 1. The standard InChI is InChI=1S/C11H22O4/c1-2-3-4-5-6-13-7-8-14-9-10-15-11-12/h11H,2-10H2,1H3. The monoisotopic (exact) mass is 218 g/mol. The molecule has 0 heterocycles. The minimum atomic E-state index is 0.319. The van der Waals surface area contributed by atoms with Gasteiger partial charge in [-0.1, -0.05) is 26.2 Å². The van der Waals surface area contributed by atoms with E-state index >= 15 is 0 Å². The first kappa shape index (κ1) is 14.4. The van der Waals surface area contributed by atoms with Crippen molar-refractivity contribution in [1.29, 1.82) is 0 Å². The van der Waals surface area contributed by atoms with Crippen molar-refractivity contribution >= 4 is 6.47 Å². The number of rotatable bonds is 12. The van der Waals surface area contributed by atoms with Gasteiger partial charge in [0.2, 0.25) is 0 Å². The van der Waals surface area contributed by atoms with E-state index in [-0.39, 0.29) is 0 Å². The van der Waals surface area contributed by atoms with Gasteiger partial charge in [0.25, 0.3) is 6.47 Å². The van der Waals surface area contributed by atoms with Gasteiger partial charge in [-0.2, -0.15) is 0 Å². The highest BCUT2D eigenvalue weighted by atomic mass is 16.6. The number of hydrogen-bond donors (Lipinski definition) is 0. The number of carbonyl (C=O) groups excluding carboxylic acids is 1. The normalized spacial score (nSPS) is 10.2. The van der Waals surface area contributed by atoms with Gasteiger partial charge >= 0.3 is 0 Å². The highest BCUT2D eigenvalue weighted by Crippen LogP contribution is 1.98. The smallest absolute Gasteiger partial charge is 0.293 e. The third-order valence-electron chi connectivity index (χ3n) is 1.93. The van der Waals surface area contributed by atoms with Crippen molar-refractivity contribution < 1.29 is 19.0 Å². The maximum absolute atomic E-state index is 9.76. The molecular formula is C11H22O4. The van der Waals surface area contributed by atoms with Crippen LogP contribution in [0.5, 0.6) is 0 Å². The zero-order valence-corrected chi connectivity index (χ0v) is 9.57. The maximum Gasteiger partial charge on any atom is 0.293 e. The van der Waals surface area contributed by atoms with E-state index in [4.69, 9.17) is 9.47 Å². The van der Waals surface area contributed by atoms with Crippen LogP contribution in [0, 0.1) is 0 Å². The van der Waals surface area contributed by atoms with Crippen molar-refractivity contribution in [1.82, 2.24) is 0 Å². The first-order valence-electron chi connectivity index (χ1n) is 5.62. The SMILES string of the molecule is CCCCCCOCCOCCOC=O. The van der Waals surface area contributed by atoms with Crippen LogP contribution in [-0.2, 0) is 19.0 Å². The van der Waals surface area contributed by atoms with Crippen molar-refractivity contribution in [3.63, 3.8) is 0 Å². The van der Waals surface area contributed by atoms with Gasteiger partial charge in [-0.25, -0.2) is 0 Å². The molecule has 0 atom stereocenters. The molecule has 0 aromatic carbocycles. The van der Waals surface area contributed by atoms with Crippen LogP contribution >= 0.6 is 0 Å². The molecule has 0 amide bonds. The molecule has 4 nitrogen and oxygen atoms in total. The summed E-state index contributed by atoms with van der Waals surface area (Å²) in [7, 11) is 0. The van der Waals surface area contributed by atoms with Gasteiger partial charge in [0.1, 0.15) is 6.61 Å². The maximum atomic E-state index is 9.76. The van der Waals surface area contributed by atoms with Crippen LogP contribution < -0.4 is 0 Å². The lowest BCUT2D eigenvalue weighted by Crippen LogP contribution is -2.09. The van der Waals surface area contributed by atoms with E-state index in [0.717, 1.165) is 13.0 Å². The van der Waals surface area contributed by atoms with E-state index in [9.17, 15) is 4.79 Å². The van der Waals surface area contributed by atoms with Crippen molar-refractivity contribution in [2.75, 3.05) is 33.0 Å². The Kier molecular flexibility index (Phi) is 12.8. The Balaban J connectivity index is 2.83. The average Bonchev–Trinajstić information content (AvgIpc) is 2.26. The van der Waals surface area contributed by atoms with Gasteiger partial charge in [0, 0.05) is 6.61 Å². The molecule has 0 N–H and O–H groups in total. The molecule has 0 aliphatic rings. The quantitative estimate of drug-likeness (QED) is 0.370. The van der Waals surface area contributed by atoms with Crippen LogP contribution in [0.25, 0.3) is 0 Å². The zero-order valence-electron chi connectivity index (χ0n) is 9.57. The Labute approximate surface area is 91.9 Å². The summed E-state index contributed by atoms with van der Waals surface area (Å²) in [5.74, 6) is 0. The predicted octanol–water partition coefficient (Wildman–Crippen LogP) is 1.77. The lowest BCUT2D eigenvalue weighted by Gasteiger charge is -2.05. The highest BCUT2D eigenvalue weighted by Gasteiger charge is 1.91. The van der Waals surface area contributed by atoms with Crippen LogP contribution in [0.4, 0.5) is 0 Å². The zero-order chi connectivity index (χ0) is 11.2. The van der Waals surface area contributed by atoms with Gasteiger partial charge < -0.3 is 14.2 Å². The Morgan fingerprint density at radius 2 is 1.53 bits per heavy atom. The van der Waals surface area contributed by atoms with Crippen molar-refractivity contribution in [3.05, 3.63) is 0 Å². The molecule has 90 valence electrons. The fourth-order valence-electron chi connectivity index (χ4n) is 1.11. The minimum Gasteiger partial charge on any atom is -0.465 e. The Bertz CT molecular complexity index is 128. The summed E-state index contributed by atoms with van der Waals surface area (Å²) in [5.41, 5.74) is 0. The molecule has 0 aromatic rings. The fraction of sp³-hybridized carbons (Fsp3) is 0.909. The van der Waals surface area contributed by atoms with Crippen LogP contribution in [-0.4, -0.2) is 39.5 Å². The van der Waals surface area contributed by atoms with Gasteiger partial charge in [-0.15, -0.1) is 0 Å². The van der Waals surface area contributed by atoms with Crippen molar-refractivity contribution in [3.8, 4) is 0 Å². The molecular weight excluding hydrogens is 196 g/mol. The summed E-state index contributed by atoms with van der Waals surface area (Å²) in [6.45, 7) is 5.37. The minimum absolute atomic E-state index is 0.319. The number of hydrogen-bond acceptors (Lipinski definition) is 4. The van der Waals surface area contributed by atoms with Crippen molar-refractivity contribution in [2.24, 2.45) is 0 Å². The van der Waals surface area contributed by atoms with E-state index in [1.54, 1.807) is 0 Å². The summed E-state index contributed by atoms with van der Waals surface area (Å²) in [4.78, 5) is 9.76. The summed E-state index contributed by atoms with van der Waals surface area (Å²) < 4.78 is 15.0. The number of ether oxygens (including phenoxy) is 3. The van der Waals surface area contributed by atoms with Crippen LogP contribution in [0.15, 0.2) is 0 Å². The van der Waals surface area contributed by atoms with Gasteiger partial charge in [0.05, 0.1) is 19.8 Å². The van der Waals surface area contributed by atoms with Crippen LogP contribution in [0.1, 0.15) is 32.6 Å². The second-order valence-electron chi connectivity index (χ2n) is 3.25. The molecule has 0 aromatic heterocycles. The molecule has 0 saturated heterocycles. The van der Waals surface area contributed by atoms with Crippen LogP contribution in [0.2, 0.25) is 0 Å². The Morgan fingerprint density at radius 3 is 2.20 bits per heavy atom. The number of unbranched alkanes of at least 4 members (excludes halogenated alkanes) is 3. The van der Waals surface area contributed by atoms with Crippen molar-refractivity contribution in [2.45, 2.75) is 32.6 Å². The first-order chi connectivity index (χ1) is 7.41. The summed E-state index contributed by atoms with van der Waals surface area (Å²) in [6, 6.07) is 0. The lowest BCUT2D eigenvalue weighted by molar-refractivity contribution is -0.130. The third kappa shape index (κ3) is 13.4. The fourth-order valence-corrected chi connectivity index (χ4v) is 1.11. The molecule has 0 saturated carbocycles. The van der Waals surface area contributed by atoms with E-state index in [1.165, 1.54) is 19.3 Å².